The van der Waals surface area contributed by atoms with Crippen LogP contribution in [0.2, 0.25) is 0 Å². The van der Waals surface area contributed by atoms with E-state index in [0.29, 0.717) is 0 Å². The summed E-state index contributed by atoms with van der Waals surface area (Å²) in [5.41, 5.74) is 8.56. The molecule has 0 aliphatic carbocycles. The summed E-state index contributed by atoms with van der Waals surface area (Å²) in [4.78, 5) is 16.2. The lowest BCUT2D eigenvalue weighted by Crippen LogP contribution is -2.31. The summed E-state index contributed by atoms with van der Waals surface area (Å²) in [5.74, 6) is 0. The Bertz CT molecular complexity index is 953. The van der Waals surface area contributed by atoms with Crippen LogP contribution in [-0.4, -0.2) is 32.7 Å². The van der Waals surface area contributed by atoms with Crippen molar-refractivity contribution in [3.63, 3.8) is 0 Å². The Morgan fingerprint density at radius 2 is 1.96 bits per heavy atom. The maximum atomic E-state index is 4.73. The average Bonchev–Trinajstić information content (AvgIpc) is 2.70. The number of nitrogens with zero attached hydrogens (tertiary/aromatic N) is 4. The molecule has 0 saturated carbocycles. The van der Waals surface area contributed by atoms with Crippen LogP contribution in [0.4, 0.5) is 0 Å². The molecule has 1 aromatic carbocycles. The van der Waals surface area contributed by atoms with Crippen LogP contribution in [0.1, 0.15) is 27.9 Å². The van der Waals surface area contributed by atoms with Crippen LogP contribution in [-0.2, 0) is 19.5 Å². The van der Waals surface area contributed by atoms with Gasteiger partial charge in [0.05, 0.1) is 11.4 Å². The van der Waals surface area contributed by atoms with Crippen LogP contribution in [0.15, 0.2) is 47.9 Å². The van der Waals surface area contributed by atoms with E-state index in [-0.39, 0.29) is 0 Å². The van der Waals surface area contributed by atoms with Crippen molar-refractivity contribution >= 4 is 11.8 Å². The Labute approximate surface area is 165 Å². The summed E-state index contributed by atoms with van der Waals surface area (Å²) in [6.07, 6.45) is 7.01. The molecule has 1 aliphatic rings. The van der Waals surface area contributed by atoms with Crippen LogP contribution in [0, 0.1) is 13.8 Å². The van der Waals surface area contributed by atoms with Gasteiger partial charge in [-0.15, -0.1) is 0 Å². The summed E-state index contributed by atoms with van der Waals surface area (Å²) in [7, 11) is 0. The summed E-state index contributed by atoms with van der Waals surface area (Å²) >= 11 is 1.60. The molecule has 0 saturated heterocycles. The van der Waals surface area contributed by atoms with E-state index in [4.69, 9.17) is 4.98 Å². The van der Waals surface area contributed by atoms with Gasteiger partial charge in [0.25, 0.3) is 0 Å². The Morgan fingerprint density at radius 3 is 2.74 bits per heavy atom. The van der Waals surface area contributed by atoms with Crippen molar-refractivity contribution in [1.82, 2.24) is 19.9 Å². The first-order chi connectivity index (χ1) is 13.1. The van der Waals surface area contributed by atoms with E-state index in [9.17, 15) is 0 Å². The van der Waals surface area contributed by atoms with Crippen molar-refractivity contribution in [2.45, 2.75) is 38.5 Å². The Hall–Kier alpha value is -2.24. The normalized spacial score (nSPS) is 14.2. The van der Waals surface area contributed by atoms with Crippen LogP contribution in [0.3, 0.4) is 0 Å². The Morgan fingerprint density at radius 1 is 1.07 bits per heavy atom. The number of aryl methyl sites for hydroxylation is 1. The van der Waals surface area contributed by atoms with Gasteiger partial charge < -0.3 is 0 Å². The fraction of sp³-hybridized carbons (Fsp3) is 0.318. The van der Waals surface area contributed by atoms with Crippen molar-refractivity contribution in [1.29, 1.82) is 0 Å². The maximum Gasteiger partial charge on any atom is 0.187 e. The highest BCUT2D eigenvalue weighted by Crippen LogP contribution is 2.25. The molecule has 0 N–H and O–H groups in total. The van der Waals surface area contributed by atoms with Crippen LogP contribution >= 0.6 is 11.8 Å². The number of fused-ring (bicyclic) bond motifs is 1. The quantitative estimate of drug-likeness (QED) is 0.497. The number of pyridine rings is 1. The van der Waals surface area contributed by atoms with Gasteiger partial charge in [0, 0.05) is 49.6 Å². The highest BCUT2D eigenvalue weighted by Gasteiger charge is 2.18. The second-order valence-electron chi connectivity index (χ2n) is 7.09. The third kappa shape index (κ3) is 3.89. The predicted octanol–water partition coefficient (Wildman–Crippen LogP) is 4.44. The summed E-state index contributed by atoms with van der Waals surface area (Å²) in [6, 6.07) is 10.7. The van der Waals surface area contributed by atoms with Gasteiger partial charge in [0.2, 0.25) is 0 Å². The molecule has 138 valence electrons. The maximum absolute atomic E-state index is 4.73. The van der Waals surface area contributed by atoms with Gasteiger partial charge in [-0.05, 0) is 42.9 Å². The highest BCUT2D eigenvalue weighted by molar-refractivity contribution is 7.98. The van der Waals surface area contributed by atoms with E-state index in [0.717, 1.165) is 36.9 Å². The largest absolute Gasteiger partial charge is 0.294 e. The highest BCUT2D eigenvalue weighted by atomic mass is 32.2. The van der Waals surface area contributed by atoms with Crippen LogP contribution in [0.25, 0.3) is 11.3 Å². The zero-order chi connectivity index (χ0) is 18.8. The first kappa shape index (κ1) is 18.1. The average molecular weight is 377 g/mol. The lowest BCUT2D eigenvalue weighted by molar-refractivity contribution is 0.242. The van der Waals surface area contributed by atoms with Gasteiger partial charge >= 0.3 is 0 Å². The molecule has 0 fully saturated rings. The van der Waals surface area contributed by atoms with Gasteiger partial charge in [-0.25, -0.2) is 9.97 Å². The molecule has 0 unspecified atom stereocenters. The molecule has 3 aromatic rings. The standard InChI is InChI=1S/C22H24N4S/c1-15-5-4-6-19(16(15)2)21-8-7-17(11-23-21)13-26-10-9-20-18(14-26)12-24-22(25-20)27-3/h4-8,11-12H,9-10,13-14H2,1-3H3. The summed E-state index contributed by atoms with van der Waals surface area (Å²) in [6.45, 7) is 7.15. The zero-order valence-electron chi connectivity index (χ0n) is 16.1. The molecule has 4 nitrogen and oxygen atoms in total. The van der Waals surface area contributed by atoms with E-state index in [1.807, 2.05) is 18.6 Å². The molecule has 0 bridgehead atoms. The Kier molecular flexibility index (Phi) is 5.23. The molecule has 5 heteroatoms. The fourth-order valence-corrected chi connectivity index (χ4v) is 3.91. The zero-order valence-corrected chi connectivity index (χ0v) is 16.9. The second-order valence-corrected chi connectivity index (χ2v) is 7.86. The van der Waals surface area contributed by atoms with Crippen molar-refractivity contribution in [2.75, 3.05) is 12.8 Å². The first-order valence-electron chi connectivity index (χ1n) is 9.26. The van der Waals surface area contributed by atoms with Gasteiger partial charge in [0.15, 0.2) is 5.16 Å². The predicted molar refractivity (Wildman–Crippen MR) is 111 cm³/mol. The fourth-order valence-electron chi connectivity index (χ4n) is 3.55. The first-order valence-corrected chi connectivity index (χ1v) is 10.5. The van der Waals surface area contributed by atoms with Crippen molar-refractivity contribution in [3.05, 3.63) is 70.7 Å². The summed E-state index contributed by atoms with van der Waals surface area (Å²) < 4.78 is 0. The molecule has 0 spiro atoms. The van der Waals surface area contributed by atoms with Gasteiger partial charge in [-0.2, -0.15) is 0 Å². The monoisotopic (exact) mass is 376 g/mol. The van der Waals surface area contributed by atoms with E-state index >= 15 is 0 Å². The molecular formula is C22H24N4S. The third-order valence-electron chi connectivity index (χ3n) is 5.28. The molecule has 0 amide bonds. The van der Waals surface area contributed by atoms with Gasteiger partial charge in [0.1, 0.15) is 0 Å². The number of hydrogen-bond donors (Lipinski definition) is 0. The smallest absolute Gasteiger partial charge is 0.187 e. The minimum Gasteiger partial charge on any atom is -0.294 e. The minimum atomic E-state index is 0.869. The minimum absolute atomic E-state index is 0.869. The van der Waals surface area contributed by atoms with E-state index < -0.39 is 0 Å². The van der Waals surface area contributed by atoms with E-state index in [2.05, 4.69) is 59.0 Å². The molecular weight excluding hydrogens is 352 g/mol. The number of rotatable bonds is 4. The van der Waals surface area contributed by atoms with Crippen LogP contribution < -0.4 is 0 Å². The van der Waals surface area contributed by atoms with E-state index in [1.165, 1.54) is 33.5 Å². The number of benzene rings is 1. The molecule has 0 radical (unpaired) electrons. The molecule has 1 aliphatic heterocycles. The van der Waals surface area contributed by atoms with Crippen molar-refractivity contribution in [2.24, 2.45) is 0 Å². The van der Waals surface area contributed by atoms with Crippen LogP contribution in [0.5, 0.6) is 0 Å². The lowest BCUT2D eigenvalue weighted by Gasteiger charge is -2.27. The van der Waals surface area contributed by atoms with Gasteiger partial charge in [-0.1, -0.05) is 36.0 Å². The SMILES string of the molecule is CSc1ncc2c(n1)CCN(Cc1ccc(-c3cccc(C)c3C)nc1)C2. The topological polar surface area (TPSA) is 41.9 Å². The molecule has 27 heavy (non-hydrogen) atoms. The molecule has 2 aromatic heterocycles. The lowest BCUT2D eigenvalue weighted by atomic mass is 10.0. The summed E-state index contributed by atoms with van der Waals surface area (Å²) in [5, 5.41) is 0.869. The van der Waals surface area contributed by atoms with Crippen molar-refractivity contribution in [3.8, 4) is 11.3 Å². The molecule has 0 atom stereocenters. The molecule has 4 rings (SSSR count). The second kappa shape index (κ2) is 7.79. The van der Waals surface area contributed by atoms with Crippen molar-refractivity contribution < 1.29 is 0 Å². The Balaban J connectivity index is 1.47. The van der Waals surface area contributed by atoms with Gasteiger partial charge in [-0.3, -0.25) is 9.88 Å². The number of aromatic nitrogens is 3. The third-order valence-corrected chi connectivity index (χ3v) is 5.85. The number of thioether (sulfide) groups is 1. The molecule has 3 heterocycles. The van der Waals surface area contributed by atoms with E-state index in [1.54, 1.807) is 11.8 Å². The number of hydrogen-bond acceptors (Lipinski definition) is 5.